The first-order valence-corrected chi connectivity index (χ1v) is 9.54. The average molecular weight is 444 g/mol. The fourth-order valence-corrected chi connectivity index (χ4v) is 3.90. The quantitative estimate of drug-likeness (QED) is 0.668. The van der Waals surface area contributed by atoms with Crippen molar-refractivity contribution in [3.05, 3.63) is 59.2 Å². The van der Waals surface area contributed by atoms with Gasteiger partial charge in [0.15, 0.2) is 5.78 Å². The molecule has 1 N–H and O–H groups in total. The van der Waals surface area contributed by atoms with Crippen LogP contribution in [-0.4, -0.2) is 39.2 Å². The highest BCUT2D eigenvalue weighted by molar-refractivity contribution is 7.81. The van der Waals surface area contributed by atoms with Crippen molar-refractivity contribution in [3.63, 3.8) is 0 Å². The summed E-state index contributed by atoms with van der Waals surface area (Å²) in [6.45, 7) is 1.34. The van der Waals surface area contributed by atoms with E-state index in [4.69, 9.17) is 12.6 Å². The molecule has 28 heavy (non-hydrogen) atoms. The minimum Gasteiger partial charge on any atom is -0.297 e. The molecule has 2 heterocycles. The molecule has 1 aliphatic heterocycles. The van der Waals surface area contributed by atoms with Crippen LogP contribution >= 0.6 is 37.4 Å². The zero-order valence-electron chi connectivity index (χ0n) is 15.3. The van der Waals surface area contributed by atoms with E-state index in [1.165, 1.54) is 6.07 Å². The number of rotatable bonds is 5. The first kappa shape index (κ1) is 22.9. The molecule has 0 bridgehead atoms. The van der Waals surface area contributed by atoms with E-state index in [1.54, 1.807) is 24.4 Å². The molecule has 0 spiro atoms. The smallest absolute Gasteiger partial charge is 0.157 e. The minimum atomic E-state index is -0.516. The molecule has 1 saturated carbocycles. The maximum Gasteiger partial charge on any atom is 0.157 e. The van der Waals surface area contributed by atoms with Crippen LogP contribution in [0.5, 0.6) is 0 Å². The number of likely N-dealkylation sites (tertiary alicyclic amines) is 1. The number of nitrogens with zero attached hydrogens (tertiary/aromatic N) is 2. The second-order valence-corrected chi connectivity index (χ2v) is 7.75. The van der Waals surface area contributed by atoms with E-state index in [-0.39, 0.29) is 47.6 Å². The summed E-state index contributed by atoms with van der Waals surface area (Å²) in [5.74, 6) is -0.0788. The van der Waals surface area contributed by atoms with Crippen molar-refractivity contribution in [2.75, 3.05) is 13.1 Å². The van der Waals surface area contributed by atoms with Gasteiger partial charge < -0.3 is 0 Å². The normalized spacial score (nSPS) is 22.2. The average Bonchev–Trinajstić information content (AvgIpc) is 3.37. The van der Waals surface area contributed by atoms with Gasteiger partial charge in [-0.25, -0.2) is 4.39 Å². The molecule has 1 aromatic heterocycles. The Kier molecular flexibility index (Phi) is 8.13. The third-order valence-electron chi connectivity index (χ3n) is 5.19. The van der Waals surface area contributed by atoms with Gasteiger partial charge in [0.05, 0.1) is 12.2 Å². The highest BCUT2D eigenvalue weighted by Crippen LogP contribution is 2.39. The van der Waals surface area contributed by atoms with Gasteiger partial charge in [0.1, 0.15) is 5.82 Å². The summed E-state index contributed by atoms with van der Waals surface area (Å²) in [4.78, 5) is 15.1. The summed E-state index contributed by atoms with van der Waals surface area (Å²) in [6.07, 6.45) is 8.32. The lowest BCUT2D eigenvalue weighted by atomic mass is 9.93. The van der Waals surface area contributed by atoms with Crippen LogP contribution < -0.4 is 0 Å². The number of Topliss-reactive ketones (excluding diaryl/α,β-unsaturated/α-hetero) is 1. The number of piperidine rings is 1. The molecule has 2 aromatic rings. The molecule has 2 unspecified atom stereocenters. The van der Waals surface area contributed by atoms with E-state index in [1.807, 2.05) is 6.20 Å². The predicted octanol–water partition coefficient (Wildman–Crippen LogP) is 4.50. The number of aromatic nitrogens is 2. The van der Waals surface area contributed by atoms with E-state index >= 15 is 0 Å². The molecule has 1 aromatic carbocycles. The van der Waals surface area contributed by atoms with Crippen molar-refractivity contribution in [2.45, 2.75) is 30.6 Å². The summed E-state index contributed by atoms with van der Waals surface area (Å²) in [5, 5.41) is 6.92. The van der Waals surface area contributed by atoms with Crippen LogP contribution in [0.15, 0.2) is 42.2 Å². The largest absolute Gasteiger partial charge is 0.297 e. The number of hydrogen-bond donors (Lipinski definition) is 2. The topological polar surface area (TPSA) is 49.0 Å². The first-order chi connectivity index (χ1) is 12.6. The Morgan fingerprint density at radius 3 is 2.68 bits per heavy atom. The molecule has 1 saturated heterocycles. The lowest BCUT2D eigenvalue weighted by Crippen LogP contribution is -2.42. The highest BCUT2D eigenvalue weighted by atomic mass is 35.5. The molecule has 1 aliphatic carbocycles. The number of carbonyl (C=O) groups excluding carboxylic acids is 1. The zero-order valence-corrected chi connectivity index (χ0v) is 17.8. The Labute approximate surface area is 182 Å². The molecule has 4 nitrogen and oxygen atoms in total. The van der Waals surface area contributed by atoms with Gasteiger partial charge in [-0.3, -0.25) is 14.8 Å². The molecule has 152 valence electrons. The van der Waals surface area contributed by atoms with Crippen LogP contribution in [0.4, 0.5) is 4.39 Å². The summed E-state index contributed by atoms with van der Waals surface area (Å²) >= 11 is 4.70. The third kappa shape index (κ3) is 4.98. The van der Waals surface area contributed by atoms with E-state index in [0.717, 1.165) is 36.9 Å². The van der Waals surface area contributed by atoms with E-state index < -0.39 is 6.04 Å². The zero-order chi connectivity index (χ0) is 18.1. The van der Waals surface area contributed by atoms with Crippen LogP contribution in [0.1, 0.15) is 36.4 Å². The third-order valence-corrected chi connectivity index (χ3v) is 5.78. The Hall–Kier alpha value is -1.34. The second kappa shape index (κ2) is 9.92. The summed E-state index contributed by atoms with van der Waals surface area (Å²) in [7, 11) is 0. The predicted molar refractivity (Wildman–Crippen MR) is 117 cm³/mol. The van der Waals surface area contributed by atoms with Gasteiger partial charge >= 0.3 is 0 Å². The molecule has 2 aliphatic rings. The summed E-state index contributed by atoms with van der Waals surface area (Å²) in [6, 6.07) is 6.14. The number of thiol groups is 1. The van der Waals surface area contributed by atoms with Gasteiger partial charge in [-0.1, -0.05) is 24.3 Å². The molecular formula is C20H24Cl2FN3OS. The van der Waals surface area contributed by atoms with Crippen LogP contribution in [-0.2, 0) is 4.79 Å². The highest BCUT2D eigenvalue weighted by Gasteiger charge is 2.40. The van der Waals surface area contributed by atoms with Crippen LogP contribution in [0.3, 0.4) is 0 Å². The maximum atomic E-state index is 14.5. The minimum absolute atomic E-state index is 0. The van der Waals surface area contributed by atoms with Gasteiger partial charge in [-0.15, -0.1) is 24.8 Å². The Morgan fingerprint density at radius 1 is 1.29 bits per heavy atom. The second-order valence-electron chi connectivity index (χ2n) is 7.13. The number of benzene rings is 1. The molecule has 0 radical (unpaired) electrons. The number of ketones is 1. The summed E-state index contributed by atoms with van der Waals surface area (Å²) < 4.78 is 14.5. The van der Waals surface area contributed by atoms with Crippen LogP contribution in [0.2, 0.25) is 0 Å². The van der Waals surface area contributed by atoms with Crippen molar-refractivity contribution < 1.29 is 9.18 Å². The Morgan fingerprint density at radius 2 is 2.04 bits per heavy atom. The lowest BCUT2D eigenvalue weighted by Gasteiger charge is -2.37. The van der Waals surface area contributed by atoms with Crippen molar-refractivity contribution >= 4 is 49.3 Å². The number of H-pyrrole nitrogens is 1. The number of hydrogen-bond acceptors (Lipinski definition) is 4. The van der Waals surface area contributed by atoms with E-state index in [0.29, 0.717) is 12.1 Å². The van der Waals surface area contributed by atoms with Crippen molar-refractivity contribution in [1.29, 1.82) is 0 Å². The SMILES string of the molecule is Cl.Cl.O=C(C1CC1)C(c1ccccc1F)N1CCC(S)/C(=C\c2cn[nH]c2)C1. The van der Waals surface area contributed by atoms with Crippen molar-refractivity contribution in [2.24, 2.45) is 5.92 Å². The standard InChI is InChI=1S/C20H22FN3OS.2ClH/c21-17-4-2-1-3-16(17)19(20(25)14-5-6-14)24-8-7-18(26)15(12-24)9-13-10-22-23-11-13;;/h1-4,9-11,14,18-19,26H,5-8,12H2,(H,22,23);2*1H/b15-9-;;. The Bertz CT molecular complexity index is 827. The van der Waals surface area contributed by atoms with Crippen molar-refractivity contribution in [1.82, 2.24) is 15.1 Å². The molecule has 8 heteroatoms. The van der Waals surface area contributed by atoms with Crippen LogP contribution in [0.25, 0.3) is 6.08 Å². The van der Waals surface area contributed by atoms with Gasteiger partial charge in [0, 0.05) is 41.6 Å². The fraction of sp³-hybridized carbons (Fsp3) is 0.400. The van der Waals surface area contributed by atoms with Gasteiger partial charge in [-0.2, -0.15) is 17.7 Å². The molecule has 4 rings (SSSR count). The molecule has 0 amide bonds. The lowest BCUT2D eigenvalue weighted by molar-refractivity contribution is -0.126. The monoisotopic (exact) mass is 443 g/mol. The van der Waals surface area contributed by atoms with Gasteiger partial charge in [-0.05, 0) is 30.9 Å². The van der Waals surface area contributed by atoms with E-state index in [9.17, 15) is 9.18 Å². The van der Waals surface area contributed by atoms with Gasteiger partial charge in [0.2, 0.25) is 0 Å². The molecule has 2 atom stereocenters. The van der Waals surface area contributed by atoms with Crippen LogP contribution in [0, 0.1) is 11.7 Å². The maximum absolute atomic E-state index is 14.5. The van der Waals surface area contributed by atoms with E-state index in [2.05, 4.69) is 21.2 Å². The number of aromatic amines is 1. The molecular weight excluding hydrogens is 420 g/mol. The Balaban J connectivity index is 0.00000140. The van der Waals surface area contributed by atoms with Gasteiger partial charge in [0.25, 0.3) is 0 Å². The number of carbonyl (C=O) groups is 1. The summed E-state index contributed by atoms with van der Waals surface area (Å²) in [5.41, 5.74) is 2.60. The molecule has 2 fully saturated rings. The first-order valence-electron chi connectivity index (χ1n) is 9.03. The number of nitrogens with one attached hydrogen (secondary N) is 1. The number of halogens is 3. The fourth-order valence-electron chi connectivity index (χ4n) is 3.63. The van der Waals surface area contributed by atoms with Crippen molar-refractivity contribution in [3.8, 4) is 0 Å².